The van der Waals surface area contributed by atoms with Crippen LogP contribution in [0.3, 0.4) is 0 Å². The number of carbonyl (C=O) groups is 1. The Kier molecular flexibility index (Phi) is 4.40. The third kappa shape index (κ3) is 3.75. The van der Waals surface area contributed by atoms with Crippen molar-refractivity contribution in [3.05, 3.63) is 34.7 Å². The molecule has 2 nitrogen and oxygen atoms in total. The highest BCUT2D eigenvalue weighted by atomic mass is 32.1. The largest absolute Gasteiger partial charge is 0.391 e. The van der Waals surface area contributed by atoms with Crippen LogP contribution in [-0.4, -0.2) is 12.3 Å². The van der Waals surface area contributed by atoms with Gasteiger partial charge in [-0.1, -0.05) is 13.8 Å². The summed E-state index contributed by atoms with van der Waals surface area (Å²) in [5.74, 6) is 0.651. The van der Waals surface area contributed by atoms with Crippen LogP contribution in [-0.2, 0) is 0 Å². The summed E-state index contributed by atoms with van der Waals surface area (Å²) in [5.41, 5.74) is 0.762. The molecular weight excluding hydrogens is 194 g/mol. The molecule has 14 heavy (non-hydrogen) atoms. The number of allylic oxidation sites excluding steroid dienone is 1. The molecule has 1 N–H and O–H groups in total. The lowest BCUT2D eigenvalue weighted by Crippen LogP contribution is -2.13. The second-order valence-corrected chi connectivity index (χ2v) is 4.29. The Bertz CT molecular complexity index is 301. The van der Waals surface area contributed by atoms with Gasteiger partial charge >= 0.3 is 0 Å². The molecule has 0 spiro atoms. The molecule has 0 aliphatic carbocycles. The van der Waals surface area contributed by atoms with Crippen molar-refractivity contribution in [2.45, 2.75) is 13.8 Å². The first-order valence-electron chi connectivity index (χ1n) is 4.66. The molecule has 0 saturated heterocycles. The summed E-state index contributed by atoms with van der Waals surface area (Å²) in [6.07, 6.45) is 3.30. The Morgan fingerprint density at radius 3 is 3.00 bits per heavy atom. The van der Waals surface area contributed by atoms with Gasteiger partial charge in [-0.15, -0.1) is 0 Å². The van der Waals surface area contributed by atoms with Gasteiger partial charge in [0.2, 0.25) is 0 Å². The van der Waals surface area contributed by atoms with Crippen LogP contribution in [0.2, 0.25) is 0 Å². The lowest BCUT2D eigenvalue weighted by Gasteiger charge is -2.02. The van der Waals surface area contributed by atoms with E-state index < -0.39 is 0 Å². The SMILES string of the molecule is CC(C)CN/C=C\C(=O)c1ccsc1. The van der Waals surface area contributed by atoms with Crippen molar-refractivity contribution in [3.63, 3.8) is 0 Å². The Balaban J connectivity index is 2.34. The van der Waals surface area contributed by atoms with E-state index in [1.165, 1.54) is 11.3 Å². The van der Waals surface area contributed by atoms with Gasteiger partial charge in [-0.05, 0) is 17.4 Å². The van der Waals surface area contributed by atoms with Crippen molar-refractivity contribution in [1.82, 2.24) is 5.32 Å². The van der Waals surface area contributed by atoms with Gasteiger partial charge in [-0.3, -0.25) is 4.79 Å². The fraction of sp³-hybridized carbons (Fsp3) is 0.364. The zero-order chi connectivity index (χ0) is 10.4. The van der Waals surface area contributed by atoms with Crippen molar-refractivity contribution in [3.8, 4) is 0 Å². The van der Waals surface area contributed by atoms with Crippen molar-refractivity contribution >= 4 is 17.1 Å². The minimum atomic E-state index is 0.0579. The zero-order valence-electron chi connectivity index (χ0n) is 8.49. The molecule has 0 unspecified atom stereocenters. The van der Waals surface area contributed by atoms with E-state index in [0.29, 0.717) is 5.92 Å². The Morgan fingerprint density at radius 2 is 2.43 bits per heavy atom. The van der Waals surface area contributed by atoms with Crippen molar-refractivity contribution in [1.29, 1.82) is 0 Å². The summed E-state index contributed by atoms with van der Waals surface area (Å²) in [7, 11) is 0. The average Bonchev–Trinajstić information content (AvgIpc) is 2.64. The van der Waals surface area contributed by atoms with Crippen molar-refractivity contribution < 1.29 is 4.79 Å². The van der Waals surface area contributed by atoms with E-state index in [1.807, 2.05) is 16.8 Å². The molecule has 0 aromatic carbocycles. The smallest absolute Gasteiger partial charge is 0.188 e. The van der Waals surface area contributed by atoms with Gasteiger partial charge in [0, 0.05) is 29.8 Å². The first-order valence-corrected chi connectivity index (χ1v) is 5.61. The number of nitrogens with one attached hydrogen (secondary N) is 1. The monoisotopic (exact) mass is 209 g/mol. The summed E-state index contributed by atoms with van der Waals surface area (Å²) >= 11 is 1.54. The van der Waals surface area contributed by atoms with Gasteiger partial charge in [0.25, 0.3) is 0 Å². The van der Waals surface area contributed by atoms with Crippen LogP contribution in [0.1, 0.15) is 24.2 Å². The lowest BCUT2D eigenvalue weighted by molar-refractivity contribution is 0.104. The van der Waals surface area contributed by atoms with E-state index in [0.717, 1.165) is 12.1 Å². The molecular formula is C11H15NOS. The van der Waals surface area contributed by atoms with Gasteiger partial charge < -0.3 is 5.32 Å². The number of hydrogen-bond donors (Lipinski definition) is 1. The van der Waals surface area contributed by atoms with Crippen LogP contribution in [0, 0.1) is 5.92 Å². The van der Waals surface area contributed by atoms with Crippen molar-refractivity contribution in [2.24, 2.45) is 5.92 Å². The third-order valence-corrected chi connectivity index (χ3v) is 2.37. The molecule has 3 heteroatoms. The molecule has 1 aromatic rings. The second kappa shape index (κ2) is 5.60. The van der Waals surface area contributed by atoms with Gasteiger partial charge in [0.05, 0.1) is 0 Å². The molecule has 0 bridgehead atoms. The number of hydrogen-bond acceptors (Lipinski definition) is 3. The normalized spacial score (nSPS) is 11.1. The maximum Gasteiger partial charge on any atom is 0.188 e. The predicted molar refractivity (Wildman–Crippen MR) is 60.6 cm³/mol. The number of carbonyl (C=O) groups excluding carboxylic acids is 1. The van der Waals surface area contributed by atoms with Crippen LogP contribution >= 0.6 is 11.3 Å². The van der Waals surface area contributed by atoms with E-state index in [2.05, 4.69) is 19.2 Å². The zero-order valence-corrected chi connectivity index (χ0v) is 9.30. The first-order chi connectivity index (χ1) is 6.70. The lowest BCUT2D eigenvalue weighted by atomic mass is 10.2. The molecule has 1 heterocycles. The topological polar surface area (TPSA) is 29.1 Å². The number of thiophene rings is 1. The predicted octanol–water partition coefficient (Wildman–Crippen LogP) is 2.69. The first kappa shape index (κ1) is 11.0. The Hall–Kier alpha value is -1.09. The van der Waals surface area contributed by atoms with Crippen LogP contribution in [0.25, 0.3) is 0 Å². The minimum absolute atomic E-state index is 0.0579. The minimum Gasteiger partial charge on any atom is -0.391 e. The molecule has 0 aliphatic rings. The molecule has 0 aliphatic heterocycles. The quantitative estimate of drug-likeness (QED) is 0.596. The van der Waals surface area contributed by atoms with E-state index in [4.69, 9.17) is 0 Å². The summed E-state index contributed by atoms with van der Waals surface area (Å²) in [6, 6.07) is 1.83. The van der Waals surface area contributed by atoms with E-state index in [9.17, 15) is 4.79 Å². The standard InChI is InChI=1S/C11H15NOS/c1-9(2)7-12-5-3-11(13)10-4-6-14-8-10/h3-6,8-9,12H,7H2,1-2H3/b5-3-. The highest BCUT2D eigenvalue weighted by molar-refractivity contribution is 7.08. The molecule has 1 aromatic heterocycles. The van der Waals surface area contributed by atoms with Crippen LogP contribution in [0.5, 0.6) is 0 Å². The van der Waals surface area contributed by atoms with Crippen molar-refractivity contribution in [2.75, 3.05) is 6.54 Å². The molecule has 76 valence electrons. The van der Waals surface area contributed by atoms with Gasteiger partial charge in [0.15, 0.2) is 5.78 Å². The number of rotatable bonds is 5. The average molecular weight is 209 g/mol. The summed E-state index contributed by atoms with van der Waals surface area (Å²) in [4.78, 5) is 11.4. The number of ketones is 1. The Morgan fingerprint density at radius 1 is 1.64 bits per heavy atom. The van der Waals surface area contributed by atoms with Gasteiger partial charge in [0.1, 0.15) is 0 Å². The highest BCUT2D eigenvalue weighted by Crippen LogP contribution is 2.06. The second-order valence-electron chi connectivity index (χ2n) is 3.51. The third-order valence-electron chi connectivity index (χ3n) is 1.68. The molecule has 0 saturated carbocycles. The van der Waals surface area contributed by atoms with E-state index in [1.54, 1.807) is 12.3 Å². The summed E-state index contributed by atoms with van der Waals surface area (Å²) < 4.78 is 0. The van der Waals surface area contributed by atoms with Gasteiger partial charge in [-0.2, -0.15) is 11.3 Å². The van der Waals surface area contributed by atoms with Crippen LogP contribution in [0.4, 0.5) is 0 Å². The van der Waals surface area contributed by atoms with E-state index >= 15 is 0 Å². The summed E-state index contributed by atoms with van der Waals surface area (Å²) in [6.45, 7) is 5.15. The van der Waals surface area contributed by atoms with Gasteiger partial charge in [-0.25, -0.2) is 0 Å². The molecule has 0 atom stereocenters. The molecule has 1 rings (SSSR count). The maximum absolute atomic E-state index is 11.4. The Labute approximate surface area is 88.6 Å². The van der Waals surface area contributed by atoms with E-state index in [-0.39, 0.29) is 5.78 Å². The summed E-state index contributed by atoms with van der Waals surface area (Å²) in [5, 5.41) is 6.84. The molecule has 0 radical (unpaired) electrons. The van der Waals surface area contributed by atoms with Crippen LogP contribution < -0.4 is 5.32 Å². The maximum atomic E-state index is 11.4. The fourth-order valence-corrected chi connectivity index (χ4v) is 1.58. The molecule has 0 fully saturated rings. The van der Waals surface area contributed by atoms with Crippen LogP contribution in [0.15, 0.2) is 29.1 Å². The molecule has 0 amide bonds. The highest BCUT2D eigenvalue weighted by Gasteiger charge is 1.99. The fourth-order valence-electron chi connectivity index (χ4n) is 0.939.